The van der Waals surface area contributed by atoms with Gasteiger partial charge >= 0.3 is 0 Å². The minimum Gasteiger partial charge on any atom is -0.338 e. The molecule has 174 valence electrons. The van der Waals surface area contributed by atoms with Crippen molar-refractivity contribution in [3.05, 3.63) is 65.2 Å². The SMILES string of the molecule is CC(C)(CN)CN(Cc1ccc(NC(=O)c2ccc(C#N)cc2)cc1)C(=O)C1CCCCC1. The molecule has 1 aliphatic carbocycles. The molecular weight excluding hydrogens is 412 g/mol. The van der Waals surface area contributed by atoms with E-state index in [2.05, 4.69) is 19.2 Å². The van der Waals surface area contributed by atoms with Gasteiger partial charge in [-0.15, -0.1) is 0 Å². The molecule has 0 aliphatic heterocycles. The summed E-state index contributed by atoms with van der Waals surface area (Å²) in [5.74, 6) is 0.110. The predicted octanol–water partition coefficient (Wildman–Crippen LogP) is 4.70. The summed E-state index contributed by atoms with van der Waals surface area (Å²) in [6.07, 6.45) is 5.40. The third kappa shape index (κ3) is 6.90. The van der Waals surface area contributed by atoms with Crippen LogP contribution in [0.3, 0.4) is 0 Å². The van der Waals surface area contributed by atoms with Gasteiger partial charge in [-0.3, -0.25) is 9.59 Å². The zero-order valence-electron chi connectivity index (χ0n) is 19.6. The second-order valence-electron chi connectivity index (χ2n) is 9.74. The molecule has 6 heteroatoms. The number of nitriles is 1. The van der Waals surface area contributed by atoms with Crippen molar-refractivity contribution in [2.45, 2.75) is 52.5 Å². The van der Waals surface area contributed by atoms with Gasteiger partial charge < -0.3 is 16.0 Å². The van der Waals surface area contributed by atoms with E-state index in [9.17, 15) is 9.59 Å². The van der Waals surface area contributed by atoms with Gasteiger partial charge in [0.25, 0.3) is 5.91 Å². The molecular formula is C27H34N4O2. The Balaban J connectivity index is 1.67. The predicted molar refractivity (Wildman–Crippen MR) is 130 cm³/mol. The van der Waals surface area contributed by atoms with Crippen LogP contribution in [0.15, 0.2) is 48.5 Å². The second-order valence-corrected chi connectivity index (χ2v) is 9.74. The van der Waals surface area contributed by atoms with Gasteiger partial charge in [0.1, 0.15) is 0 Å². The van der Waals surface area contributed by atoms with Gasteiger partial charge in [0.05, 0.1) is 11.6 Å². The molecule has 1 aliphatic rings. The van der Waals surface area contributed by atoms with Crippen molar-refractivity contribution in [1.82, 2.24) is 4.90 Å². The van der Waals surface area contributed by atoms with Crippen molar-refractivity contribution in [3.63, 3.8) is 0 Å². The van der Waals surface area contributed by atoms with Gasteiger partial charge in [-0.25, -0.2) is 0 Å². The Morgan fingerprint density at radius 2 is 1.70 bits per heavy atom. The molecule has 0 atom stereocenters. The number of hydrogen-bond acceptors (Lipinski definition) is 4. The zero-order valence-corrected chi connectivity index (χ0v) is 19.6. The normalized spacial score (nSPS) is 14.4. The molecule has 1 fully saturated rings. The number of hydrogen-bond donors (Lipinski definition) is 2. The molecule has 1 saturated carbocycles. The van der Waals surface area contributed by atoms with Crippen LogP contribution in [0.4, 0.5) is 5.69 Å². The standard InChI is InChI=1S/C27H34N4O2/c1-27(2,18-29)19-31(26(33)23-6-4-3-5-7-23)17-21-10-14-24(15-11-21)30-25(32)22-12-8-20(16-28)9-13-22/h8-15,23H,3-7,17-19,29H2,1-2H3,(H,30,32). The summed E-state index contributed by atoms with van der Waals surface area (Å²) < 4.78 is 0. The number of rotatable bonds is 8. The second kappa shape index (κ2) is 11.1. The lowest BCUT2D eigenvalue weighted by molar-refractivity contribution is -0.138. The Morgan fingerprint density at radius 1 is 1.06 bits per heavy atom. The molecule has 33 heavy (non-hydrogen) atoms. The van der Waals surface area contributed by atoms with Gasteiger partial charge in [0.2, 0.25) is 5.91 Å². The molecule has 3 N–H and O–H groups in total. The fourth-order valence-corrected chi connectivity index (χ4v) is 4.21. The average Bonchev–Trinajstić information content (AvgIpc) is 2.84. The molecule has 2 amide bonds. The van der Waals surface area contributed by atoms with Gasteiger partial charge in [-0.05, 0) is 66.8 Å². The summed E-state index contributed by atoms with van der Waals surface area (Å²) in [6, 6.07) is 16.2. The first-order valence-electron chi connectivity index (χ1n) is 11.7. The Labute approximate surface area is 196 Å². The van der Waals surface area contributed by atoms with Crippen LogP contribution in [0.1, 0.15) is 67.4 Å². The van der Waals surface area contributed by atoms with Gasteiger partial charge in [0.15, 0.2) is 0 Å². The van der Waals surface area contributed by atoms with Crippen LogP contribution in [0, 0.1) is 22.7 Å². The highest BCUT2D eigenvalue weighted by Gasteiger charge is 2.29. The summed E-state index contributed by atoms with van der Waals surface area (Å²) in [5.41, 5.74) is 8.51. The topological polar surface area (TPSA) is 99.2 Å². The Kier molecular flexibility index (Phi) is 8.24. The highest BCUT2D eigenvalue weighted by atomic mass is 16.2. The molecule has 0 radical (unpaired) electrons. The fraction of sp³-hybridized carbons (Fsp3) is 0.444. The summed E-state index contributed by atoms with van der Waals surface area (Å²) in [6.45, 7) is 5.85. The maximum absolute atomic E-state index is 13.3. The lowest BCUT2D eigenvalue weighted by atomic mass is 9.87. The van der Waals surface area contributed by atoms with Gasteiger partial charge in [0, 0.05) is 30.3 Å². The maximum atomic E-state index is 13.3. The van der Waals surface area contributed by atoms with Gasteiger partial charge in [-0.1, -0.05) is 45.2 Å². The molecule has 0 unspecified atom stereocenters. The van der Waals surface area contributed by atoms with Crippen LogP contribution in [0.25, 0.3) is 0 Å². The number of carbonyl (C=O) groups is 2. The molecule has 0 heterocycles. The third-order valence-electron chi connectivity index (χ3n) is 6.30. The van der Waals surface area contributed by atoms with E-state index in [4.69, 9.17) is 11.0 Å². The molecule has 6 nitrogen and oxygen atoms in total. The maximum Gasteiger partial charge on any atom is 0.255 e. The number of nitrogens with zero attached hydrogens (tertiary/aromatic N) is 2. The monoisotopic (exact) mass is 446 g/mol. The summed E-state index contributed by atoms with van der Waals surface area (Å²) in [4.78, 5) is 27.8. The minimum absolute atomic E-state index is 0.110. The number of amides is 2. The smallest absolute Gasteiger partial charge is 0.255 e. The van der Waals surface area contributed by atoms with Crippen molar-refractivity contribution < 1.29 is 9.59 Å². The van der Waals surface area contributed by atoms with Crippen LogP contribution in [-0.2, 0) is 11.3 Å². The first-order valence-corrected chi connectivity index (χ1v) is 11.7. The first kappa shape index (κ1) is 24.5. The van der Waals surface area contributed by atoms with Crippen molar-refractivity contribution in [2.75, 3.05) is 18.4 Å². The third-order valence-corrected chi connectivity index (χ3v) is 6.30. The van der Waals surface area contributed by atoms with Crippen LogP contribution in [-0.4, -0.2) is 29.8 Å². The zero-order chi connectivity index (χ0) is 23.8. The number of carbonyl (C=O) groups excluding carboxylic acids is 2. The van der Waals surface area contributed by atoms with Crippen molar-refractivity contribution in [1.29, 1.82) is 5.26 Å². The minimum atomic E-state index is -0.231. The summed E-state index contributed by atoms with van der Waals surface area (Å²) in [5, 5.41) is 11.8. The van der Waals surface area contributed by atoms with Crippen LogP contribution in [0.5, 0.6) is 0 Å². The molecule has 0 saturated heterocycles. The van der Waals surface area contributed by atoms with Crippen molar-refractivity contribution in [3.8, 4) is 6.07 Å². The molecule has 3 rings (SSSR count). The van der Waals surface area contributed by atoms with E-state index in [-0.39, 0.29) is 23.1 Å². The van der Waals surface area contributed by atoms with E-state index < -0.39 is 0 Å². The molecule has 0 bridgehead atoms. The summed E-state index contributed by atoms with van der Waals surface area (Å²) in [7, 11) is 0. The van der Waals surface area contributed by atoms with E-state index in [0.717, 1.165) is 31.2 Å². The van der Waals surface area contributed by atoms with Crippen molar-refractivity contribution >= 4 is 17.5 Å². The van der Waals surface area contributed by atoms with Crippen LogP contribution < -0.4 is 11.1 Å². The first-order chi connectivity index (χ1) is 15.8. The van der Waals surface area contributed by atoms with E-state index >= 15 is 0 Å². The van der Waals surface area contributed by atoms with Crippen LogP contribution in [0.2, 0.25) is 0 Å². The lowest BCUT2D eigenvalue weighted by Gasteiger charge is -2.35. The average molecular weight is 447 g/mol. The number of anilines is 1. The summed E-state index contributed by atoms with van der Waals surface area (Å²) >= 11 is 0. The number of benzene rings is 2. The van der Waals surface area contributed by atoms with E-state index in [1.54, 1.807) is 24.3 Å². The van der Waals surface area contributed by atoms with E-state index in [1.807, 2.05) is 35.2 Å². The molecule has 2 aromatic rings. The fourth-order valence-electron chi connectivity index (χ4n) is 4.21. The highest BCUT2D eigenvalue weighted by molar-refractivity contribution is 6.04. The van der Waals surface area contributed by atoms with Crippen LogP contribution >= 0.6 is 0 Å². The van der Waals surface area contributed by atoms with E-state index in [0.29, 0.717) is 36.4 Å². The number of nitrogens with one attached hydrogen (secondary N) is 1. The largest absolute Gasteiger partial charge is 0.338 e. The van der Waals surface area contributed by atoms with Crippen molar-refractivity contribution in [2.24, 2.45) is 17.1 Å². The lowest BCUT2D eigenvalue weighted by Crippen LogP contribution is -2.44. The Hall–Kier alpha value is -3.17. The Morgan fingerprint density at radius 3 is 2.27 bits per heavy atom. The van der Waals surface area contributed by atoms with E-state index in [1.165, 1.54) is 6.42 Å². The number of nitrogens with two attached hydrogens (primary N) is 1. The molecule has 0 spiro atoms. The Bertz CT molecular complexity index is 984. The highest BCUT2D eigenvalue weighted by Crippen LogP contribution is 2.28. The quantitative estimate of drug-likeness (QED) is 0.614. The molecule has 0 aromatic heterocycles. The van der Waals surface area contributed by atoms with Gasteiger partial charge in [-0.2, -0.15) is 5.26 Å². The molecule has 2 aromatic carbocycles.